The van der Waals surface area contributed by atoms with E-state index in [0.717, 1.165) is 15.9 Å². The van der Waals surface area contributed by atoms with E-state index in [1.54, 1.807) is 27.7 Å². The second-order valence-electron chi connectivity index (χ2n) is 14.3. The summed E-state index contributed by atoms with van der Waals surface area (Å²) in [6, 6.07) is 2.54. The van der Waals surface area contributed by atoms with E-state index in [2.05, 4.69) is 0 Å². The fourth-order valence-corrected chi connectivity index (χ4v) is 17.5. The number of aromatic nitrogens is 1. The van der Waals surface area contributed by atoms with Crippen LogP contribution in [-0.4, -0.2) is 55.7 Å². The minimum atomic E-state index is -6.41. The van der Waals surface area contributed by atoms with E-state index < -0.39 is 136 Å². The average Bonchev–Trinajstić information content (AvgIpc) is 3.74. The molecule has 1 aliphatic carbocycles. The molecule has 0 saturated carbocycles. The Morgan fingerprint density at radius 2 is 0.918 bits per heavy atom. The van der Waals surface area contributed by atoms with E-state index in [-0.39, 0.29) is 29.8 Å². The van der Waals surface area contributed by atoms with Crippen molar-refractivity contribution < 1.29 is 73.1 Å². The monoisotopic (exact) mass is 983 g/mol. The zero-order valence-corrected chi connectivity index (χ0v) is 35.3. The van der Waals surface area contributed by atoms with E-state index in [1.807, 2.05) is 0 Å². The maximum Gasteiger partial charge on any atom is 0.0967 e. The number of hydrogen-bond donors (Lipinski definition) is 0. The summed E-state index contributed by atoms with van der Waals surface area (Å²) in [4.78, 5) is 0. The first-order chi connectivity index (χ1) is 28.6. The Balaban J connectivity index is 0.00000228. The predicted molar refractivity (Wildman–Crippen MR) is 199 cm³/mol. The molecule has 2 aliphatic rings. The Bertz CT molecular complexity index is 2260. The number of hydrogen-bond acceptors (Lipinski definition) is 2. The first-order valence-electron chi connectivity index (χ1n) is 17.7. The molecule has 2 heterocycles. The second kappa shape index (κ2) is 18.2. The van der Waals surface area contributed by atoms with Gasteiger partial charge in [-0.2, -0.15) is 0 Å². The molecule has 0 radical (unpaired) electrons. The molecule has 4 nitrogen and oxygen atoms in total. The molecule has 23 heteroatoms. The summed E-state index contributed by atoms with van der Waals surface area (Å²) in [5.74, 6) is -47.6. The molecular weight excluding hydrogens is 954 g/mol. The molecule has 0 amide bonds. The van der Waals surface area contributed by atoms with Crippen LogP contribution in [0.5, 0.6) is 0 Å². The summed E-state index contributed by atoms with van der Waals surface area (Å²) in [7, 11) is 0. The van der Waals surface area contributed by atoms with Crippen molar-refractivity contribution in [2.75, 3.05) is 18.4 Å². The Morgan fingerprint density at radius 3 is 1.26 bits per heavy atom. The molecule has 328 valence electrons. The van der Waals surface area contributed by atoms with Gasteiger partial charge in [0.2, 0.25) is 0 Å². The first-order valence-corrected chi connectivity index (χ1v) is 22.5. The van der Waals surface area contributed by atoms with Crippen LogP contribution >= 0.6 is 23.2 Å². The van der Waals surface area contributed by atoms with Gasteiger partial charge in [0.15, 0.2) is 0 Å². The summed E-state index contributed by atoms with van der Waals surface area (Å²) in [5, 5.41) is 0.194. The standard InChI is InChI=1S/C37H27BF15GeN3O.CH2Cl2/c1-16(2)14-56-18-10-6-5-7-11-19(18)57(15-17(3)4)54(56,55-12-8-9-13-55)58-38(20-23(39)29(45)35(51)30(46)24(20)40,21-25(41)31(47)36(52)32(48)26(21)42)22-27(43)33(49)37(53)34(50)28(22)44;2-1-3/h5-13,16-17H,14-15H2,1-4H3;1H2. The number of fused-ring (bicyclic) bond motifs is 1. The minimum Gasteiger partial charge on any atom is -0.109 e. The van der Waals surface area contributed by atoms with Crippen molar-refractivity contribution in [1.82, 2.24) is 7.38 Å². The molecule has 0 spiro atoms. The van der Waals surface area contributed by atoms with Gasteiger partial charge in [-0.05, 0) is 0 Å². The molecule has 0 bridgehead atoms. The van der Waals surface area contributed by atoms with Crippen LogP contribution < -0.4 is 16.4 Å². The van der Waals surface area contributed by atoms with Gasteiger partial charge in [-0.1, -0.05) is 0 Å². The normalized spacial score (nSPS) is 16.4. The summed E-state index contributed by atoms with van der Waals surface area (Å²) < 4.78 is 247. The second-order valence-corrected chi connectivity index (χ2v) is 21.4. The molecule has 0 unspecified atom stereocenters. The van der Waals surface area contributed by atoms with Crippen LogP contribution in [0.1, 0.15) is 27.7 Å². The third-order valence-electron chi connectivity index (χ3n) is 9.60. The summed E-state index contributed by atoms with van der Waals surface area (Å²) in [6.45, 7) is 5.75. The van der Waals surface area contributed by atoms with Gasteiger partial charge in [-0.15, -0.1) is 23.2 Å². The maximum absolute atomic E-state index is 16.6. The van der Waals surface area contributed by atoms with Gasteiger partial charge in [0.1, 0.15) is 0 Å². The van der Waals surface area contributed by atoms with E-state index in [4.69, 9.17) is 26.9 Å². The van der Waals surface area contributed by atoms with Crippen molar-refractivity contribution in [2.24, 2.45) is 11.8 Å². The van der Waals surface area contributed by atoms with Crippen molar-refractivity contribution in [3.05, 3.63) is 148 Å². The molecule has 61 heavy (non-hydrogen) atoms. The van der Waals surface area contributed by atoms with Gasteiger partial charge >= 0.3 is 324 Å². The number of halogens is 17. The molecule has 0 fully saturated rings. The molecule has 6 rings (SSSR count). The van der Waals surface area contributed by atoms with E-state index in [0.29, 0.717) is 0 Å². The summed E-state index contributed by atoms with van der Waals surface area (Å²) >= 11 is 3.12. The van der Waals surface area contributed by atoms with Gasteiger partial charge in [0.05, 0.1) is 5.34 Å². The van der Waals surface area contributed by atoms with E-state index in [1.165, 1.54) is 49.9 Å². The van der Waals surface area contributed by atoms with Crippen LogP contribution in [-0.2, 0) is 3.68 Å². The number of rotatable bonds is 10. The molecule has 3 aromatic carbocycles. The molecule has 1 aliphatic heterocycles. The Morgan fingerprint density at radius 1 is 0.557 bits per heavy atom. The number of alkyl halides is 2. The van der Waals surface area contributed by atoms with Crippen LogP contribution in [0.3, 0.4) is 0 Å². The van der Waals surface area contributed by atoms with Crippen LogP contribution in [0.15, 0.2) is 60.6 Å². The number of allylic oxidation sites excluding steroid dienone is 5. The summed E-state index contributed by atoms with van der Waals surface area (Å²) in [6.07, 6.45) is 3.17. The molecule has 0 N–H and O–H groups in total. The minimum absolute atomic E-state index is 0.0879. The van der Waals surface area contributed by atoms with Crippen molar-refractivity contribution >= 4 is 65.9 Å². The van der Waals surface area contributed by atoms with Crippen molar-refractivity contribution in [3.63, 3.8) is 0 Å². The van der Waals surface area contributed by atoms with Gasteiger partial charge in [0, 0.05) is 0 Å². The zero-order chi connectivity index (χ0) is 45.6. The smallest absolute Gasteiger partial charge is 0.0967 e. The van der Waals surface area contributed by atoms with E-state index >= 15 is 52.7 Å². The van der Waals surface area contributed by atoms with Crippen LogP contribution in [0, 0.1) is 99.1 Å². The van der Waals surface area contributed by atoms with Gasteiger partial charge in [-0.3, -0.25) is 0 Å². The Hall–Kier alpha value is -4.27. The molecule has 1 atom stereocenters. The fourth-order valence-electron chi connectivity index (χ4n) is 7.39. The average molecular weight is 983 g/mol. The van der Waals surface area contributed by atoms with Crippen LogP contribution in [0.4, 0.5) is 65.9 Å². The third-order valence-corrected chi connectivity index (χ3v) is 17.8. The fraction of sp³-hybridized carbons (Fsp3) is 0.237. The SMILES string of the molecule is CC(C)C[N]1C2=CC=CC=CC2=[N+](CC(C)C)[Ge@]1([O][B-](c1c(F)c(F)c(F)c(F)c1F)(c1c(F)c(F)c(F)c(F)c1F)c1c(F)c(F)c(F)c(F)c1F)[n]1cccc1.ClCCl. The largest absolute Gasteiger partial charge is 0.109 e. The summed E-state index contributed by atoms with van der Waals surface area (Å²) in [5.41, 5.74) is -8.29. The zero-order valence-electron chi connectivity index (χ0n) is 31.7. The van der Waals surface area contributed by atoms with Crippen molar-refractivity contribution in [3.8, 4) is 0 Å². The topological polar surface area (TPSA) is 20.4 Å². The Kier molecular flexibility index (Phi) is 14.3. The van der Waals surface area contributed by atoms with Crippen LogP contribution in [0.2, 0.25) is 0 Å². The van der Waals surface area contributed by atoms with Gasteiger partial charge in [-0.25, -0.2) is 0 Å². The molecule has 4 aromatic rings. The quantitative estimate of drug-likeness (QED) is 0.0521. The first kappa shape index (κ1) is 47.8. The molecule has 0 saturated heterocycles. The number of nitrogens with zero attached hydrogens (tertiary/aromatic N) is 3. The van der Waals surface area contributed by atoms with Gasteiger partial charge in [0.25, 0.3) is 0 Å². The molecular formula is C38H29BCl2F15GeN3O. The van der Waals surface area contributed by atoms with Gasteiger partial charge < -0.3 is 0 Å². The maximum atomic E-state index is 16.6. The van der Waals surface area contributed by atoms with Crippen molar-refractivity contribution in [1.29, 1.82) is 0 Å². The molecule has 1 aromatic heterocycles. The third kappa shape index (κ3) is 7.68. The van der Waals surface area contributed by atoms with Crippen LogP contribution in [0.25, 0.3) is 0 Å². The Labute approximate surface area is 351 Å². The van der Waals surface area contributed by atoms with Crippen molar-refractivity contribution in [2.45, 2.75) is 27.7 Å². The number of benzene rings is 3. The predicted octanol–water partition coefficient (Wildman–Crippen LogP) is 9.05. The van der Waals surface area contributed by atoms with E-state index in [9.17, 15) is 13.2 Å².